The molecule has 0 radical (unpaired) electrons. The van der Waals surface area contributed by atoms with E-state index in [0.29, 0.717) is 24.0 Å². The van der Waals surface area contributed by atoms with Crippen LogP contribution < -0.4 is 5.73 Å². The zero-order valence-electron chi connectivity index (χ0n) is 10.4. The van der Waals surface area contributed by atoms with E-state index in [9.17, 15) is 4.39 Å². The molecule has 1 aromatic rings. The Morgan fingerprint density at radius 2 is 2.17 bits per heavy atom. The highest BCUT2D eigenvalue weighted by atomic mass is 19.1. The lowest BCUT2D eigenvalue weighted by Gasteiger charge is -2.31. The standard InChI is InChI=1S/C14H18FN3/c15-13-8-11(10-2-3-10)4-5-12(13)9-17-14(16)18-6-1-7-18/h4-5,8,10H,1-3,6-7,9H2,(H2,16,17). The smallest absolute Gasteiger partial charge is 0.191 e. The number of nitrogens with two attached hydrogens (primary N) is 1. The Morgan fingerprint density at radius 1 is 1.39 bits per heavy atom. The van der Waals surface area contributed by atoms with Crippen molar-refractivity contribution in [1.29, 1.82) is 0 Å². The van der Waals surface area contributed by atoms with Gasteiger partial charge in [0.15, 0.2) is 5.96 Å². The topological polar surface area (TPSA) is 41.6 Å². The van der Waals surface area contributed by atoms with Crippen molar-refractivity contribution < 1.29 is 4.39 Å². The number of hydrogen-bond donors (Lipinski definition) is 1. The van der Waals surface area contributed by atoms with Crippen LogP contribution in [0, 0.1) is 5.82 Å². The highest BCUT2D eigenvalue weighted by Gasteiger charge is 2.24. The van der Waals surface area contributed by atoms with Crippen molar-refractivity contribution in [1.82, 2.24) is 4.90 Å². The molecule has 1 saturated carbocycles. The Balaban J connectivity index is 1.68. The van der Waals surface area contributed by atoms with E-state index in [2.05, 4.69) is 4.99 Å². The highest BCUT2D eigenvalue weighted by molar-refractivity contribution is 5.78. The summed E-state index contributed by atoms with van der Waals surface area (Å²) in [6.07, 6.45) is 3.55. The number of likely N-dealkylation sites (tertiary alicyclic amines) is 1. The van der Waals surface area contributed by atoms with Crippen LogP contribution in [0.3, 0.4) is 0 Å². The SMILES string of the molecule is NC(=NCc1ccc(C2CC2)cc1F)N1CCC1. The number of hydrogen-bond acceptors (Lipinski definition) is 1. The van der Waals surface area contributed by atoms with Crippen LogP contribution >= 0.6 is 0 Å². The molecule has 2 N–H and O–H groups in total. The minimum atomic E-state index is -0.153. The first-order valence-electron chi connectivity index (χ1n) is 6.57. The summed E-state index contributed by atoms with van der Waals surface area (Å²) >= 11 is 0. The molecule has 0 atom stereocenters. The molecule has 0 aromatic heterocycles. The Bertz CT molecular complexity index is 476. The van der Waals surface area contributed by atoms with Crippen LogP contribution in [-0.4, -0.2) is 23.9 Å². The van der Waals surface area contributed by atoms with Crippen molar-refractivity contribution >= 4 is 5.96 Å². The van der Waals surface area contributed by atoms with Gasteiger partial charge in [-0.15, -0.1) is 0 Å². The molecule has 0 unspecified atom stereocenters. The lowest BCUT2D eigenvalue weighted by Crippen LogP contribution is -2.46. The summed E-state index contributed by atoms with van der Waals surface area (Å²) in [6, 6.07) is 5.52. The molecule has 1 aliphatic carbocycles. The monoisotopic (exact) mass is 247 g/mol. The van der Waals surface area contributed by atoms with Crippen molar-refractivity contribution in [3.05, 3.63) is 35.1 Å². The summed E-state index contributed by atoms with van der Waals surface area (Å²) in [7, 11) is 0. The van der Waals surface area contributed by atoms with Gasteiger partial charge in [-0.25, -0.2) is 9.38 Å². The normalized spacial score (nSPS) is 19.8. The minimum absolute atomic E-state index is 0.153. The second-order valence-electron chi connectivity index (χ2n) is 5.14. The molecular weight excluding hydrogens is 229 g/mol. The van der Waals surface area contributed by atoms with Crippen LogP contribution in [0.1, 0.15) is 36.3 Å². The van der Waals surface area contributed by atoms with Gasteiger partial charge in [-0.1, -0.05) is 12.1 Å². The predicted octanol–water partition coefficient (Wildman–Crippen LogP) is 2.22. The fourth-order valence-corrected chi connectivity index (χ4v) is 2.17. The molecule has 1 aliphatic heterocycles. The van der Waals surface area contributed by atoms with Crippen molar-refractivity contribution in [2.45, 2.75) is 31.7 Å². The van der Waals surface area contributed by atoms with E-state index in [1.54, 1.807) is 6.07 Å². The number of aliphatic imine (C=N–C) groups is 1. The second-order valence-corrected chi connectivity index (χ2v) is 5.14. The van der Waals surface area contributed by atoms with Crippen LogP contribution in [0.25, 0.3) is 0 Å². The summed E-state index contributed by atoms with van der Waals surface area (Å²) < 4.78 is 13.9. The predicted molar refractivity (Wildman–Crippen MR) is 69.9 cm³/mol. The van der Waals surface area contributed by atoms with Crippen LogP contribution in [0.2, 0.25) is 0 Å². The van der Waals surface area contributed by atoms with Gasteiger partial charge < -0.3 is 10.6 Å². The van der Waals surface area contributed by atoms with Gasteiger partial charge in [0.2, 0.25) is 0 Å². The molecule has 0 bridgehead atoms. The maximum absolute atomic E-state index is 13.9. The quantitative estimate of drug-likeness (QED) is 0.657. The summed E-state index contributed by atoms with van der Waals surface area (Å²) in [5, 5.41) is 0. The van der Waals surface area contributed by atoms with E-state index in [0.717, 1.165) is 18.7 Å². The molecule has 18 heavy (non-hydrogen) atoms. The zero-order chi connectivity index (χ0) is 12.5. The Hall–Kier alpha value is -1.58. The molecule has 2 aliphatic rings. The third kappa shape index (κ3) is 2.33. The molecular formula is C14H18FN3. The lowest BCUT2D eigenvalue weighted by atomic mass is 10.1. The number of benzene rings is 1. The number of nitrogens with zero attached hydrogens (tertiary/aromatic N) is 2. The first-order chi connectivity index (χ1) is 8.74. The third-order valence-electron chi connectivity index (χ3n) is 3.72. The number of guanidine groups is 1. The average Bonchev–Trinajstić information content (AvgIpc) is 3.08. The van der Waals surface area contributed by atoms with E-state index in [4.69, 9.17) is 5.73 Å². The van der Waals surface area contributed by atoms with Gasteiger partial charge in [0.25, 0.3) is 0 Å². The van der Waals surface area contributed by atoms with Crippen molar-refractivity contribution in [2.24, 2.45) is 10.7 Å². The average molecular weight is 247 g/mol. The van der Waals surface area contributed by atoms with Crippen LogP contribution in [-0.2, 0) is 6.54 Å². The van der Waals surface area contributed by atoms with Gasteiger partial charge in [-0.3, -0.25) is 0 Å². The van der Waals surface area contributed by atoms with Crippen molar-refractivity contribution in [2.75, 3.05) is 13.1 Å². The third-order valence-corrected chi connectivity index (χ3v) is 3.72. The first kappa shape index (κ1) is 11.5. The molecule has 1 saturated heterocycles. The van der Waals surface area contributed by atoms with Crippen LogP contribution in [0.15, 0.2) is 23.2 Å². The highest BCUT2D eigenvalue weighted by Crippen LogP contribution is 2.40. The molecule has 1 aromatic carbocycles. The fourth-order valence-electron chi connectivity index (χ4n) is 2.17. The molecule has 0 spiro atoms. The molecule has 4 heteroatoms. The van der Waals surface area contributed by atoms with Gasteiger partial charge >= 0.3 is 0 Å². The molecule has 2 fully saturated rings. The molecule has 3 nitrogen and oxygen atoms in total. The summed E-state index contributed by atoms with van der Waals surface area (Å²) in [4.78, 5) is 6.26. The van der Waals surface area contributed by atoms with Gasteiger partial charge in [-0.2, -0.15) is 0 Å². The number of halogens is 1. The maximum Gasteiger partial charge on any atom is 0.191 e. The first-order valence-corrected chi connectivity index (χ1v) is 6.57. The zero-order valence-corrected chi connectivity index (χ0v) is 10.4. The largest absolute Gasteiger partial charge is 0.370 e. The second kappa shape index (κ2) is 4.59. The molecule has 3 rings (SSSR count). The Morgan fingerprint density at radius 3 is 2.72 bits per heavy atom. The van der Waals surface area contributed by atoms with Gasteiger partial charge in [0.05, 0.1) is 6.54 Å². The van der Waals surface area contributed by atoms with E-state index >= 15 is 0 Å². The summed E-state index contributed by atoms with van der Waals surface area (Å²) in [6.45, 7) is 2.27. The molecule has 1 heterocycles. The van der Waals surface area contributed by atoms with E-state index in [1.165, 1.54) is 19.3 Å². The molecule has 0 amide bonds. The van der Waals surface area contributed by atoms with Gasteiger partial charge in [0, 0.05) is 18.7 Å². The van der Waals surface area contributed by atoms with Crippen molar-refractivity contribution in [3.8, 4) is 0 Å². The maximum atomic E-state index is 13.9. The molecule has 96 valence electrons. The Kier molecular flexibility index (Phi) is 2.94. The van der Waals surface area contributed by atoms with E-state index < -0.39 is 0 Å². The van der Waals surface area contributed by atoms with E-state index in [-0.39, 0.29) is 5.82 Å². The lowest BCUT2D eigenvalue weighted by molar-refractivity contribution is 0.295. The van der Waals surface area contributed by atoms with Gasteiger partial charge in [0.1, 0.15) is 5.82 Å². The van der Waals surface area contributed by atoms with Gasteiger partial charge in [-0.05, 0) is 36.8 Å². The van der Waals surface area contributed by atoms with Crippen LogP contribution in [0.5, 0.6) is 0 Å². The number of rotatable bonds is 3. The Labute approximate surface area is 106 Å². The fraction of sp³-hybridized carbons (Fsp3) is 0.500. The van der Waals surface area contributed by atoms with E-state index in [1.807, 2.05) is 17.0 Å². The summed E-state index contributed by atoms with van der Waals surface area (Å²) in [5.74, 6) is 0.967. The van der Waals surface area contributed by atoms with Crippen LogP contribution in [0.4, 0.5) is 4.39 Å². The minimum Gasteiger partial charge on any atom is -0.370 e. The summed E-state index contributed by atoms with van der Waals surface area (Å²) in [5.41, 5.74) is 7.57. The van der Waals surface area contributed by atoms with Crippen molar-refractivity contribution in [3.63, 3.8) is 0 Å².